The van der Waals surface area contributed by atoms with E-state index in [2.05, 4.69) is 4.74 Å². The van der Waals surface area contributed by atoms with Crippen LogP contribution in [-0.2, 0) is 19.1 Å². The molecule has 0 aliphatic rings. The molecule has 0 spiro atoms. The second-order valence-electron chi connectivity index (χ2n) is 2.36. The first-order chi connectivity index (χ1) is 5.40. The highest BCUT2D eigenvalue weighted by Gasteiger charge is 2.01. The lowest BCUT2D eigenvalue weighted by molar-refractivity contribution is -0.143. The zero-order valence-corrected chi connectivity index (χ0v) is 7.84. The van der Waals surface area contributed by atoms with E-state index in [1.807, 2.05) is 0 Å². The number of Topliss-reactive ketones (excluding diaryl/α,β-unsaturated/α-hetero) is 2. The van der Waals surface area contributed by atoms with Crippen LogP contribution in [0.2, 0.25) is 0 Å². The SMILES string of the molecule is CC(C)=O.COC(=O)CC(C)=O. The average molecular weight is 174 g/mol. The molecule has 0 aliphatic carbocycles. The second kappa shape index (κ2) is 7.91. The summed E-state index contributed by atoms with van der Waals surface area (Å²) >= 11 is 0. The third kappa shape index (κ3) is 23.2. The van der Waals surface area contributed by atoms with Crippen LogP contribution in [0.4, 0.5) is 0 Å². The number of esters is 1. The molecule has 0 radical (unpaired) electrons. The predicted molar refractivity (Wildman–Crippen MR) is 43.7 cm³/mol. The van der Waals surface area contributed by atoms with Gasteiger partial charge >= 0.3 is 5.97 Å². The van der Waals surface area contributed by atoms with E-state index in [1.54, 1.807) is 0 Å². The average Bonchev–Trinajstić information content (AvgIpc) is 1.84. The molecule has 0 saturated heterocycles. The van der Waals surface area contributed by atoms with Crippen LogP contribution < -0.4 is 0 Å². The first-order valence-electron chi connectivity index (χ1n) is 3.43. The van der Waals surface area contributed by atoms with Gasteiger partial charge in [-0.25, -0.2) is 0 Å². The largest absolute Gasteiger partial charge is 0.469 e. The van der Waals surface area contributed by atoms with Gasteiger partial charge in [0.15, 0.2) is 0 Å². The Hall–Kier alpha value is -1.19. The van der Waals surface area contributed by atoms with Gasteiger partial charge < -0.3 is 9.53 Å². The molecule has 0 aromatic rings. The molecule has 0 rings (SSSR count). The molecule has 0 aliphatic heterocycles. The Kier molecular flexibility index (Phi) is 8.84. The van der Waals surface area contributed by atoms with Crippen LogP contribution in [-0.4, -0.2) is 24.6 Å². The fourth-order valence-corrected chi connectivity index (χ4v) is 0.275. The van der Waals surface area contributed by atoms with Gasteiger partial charge in [0.05, 0.1) is 7.11 Å². The van der Waals surface area contributed by atoms with Crippen molar-refractivity contribution in [2.75, 3.05) is 7.11 Å². The molecule has 70 valence electrons. The van der Waals surface area contributed by atoms with Gasteiger partial charge in [-0.15, -0.1) is 0 Å². The Labute approximate surface area is 71.9 Å². The summed E-state index contributed by atoms with van der Waals surface area (Å²) < 4.78 is 4.20. The zero-order valence-electron chi connectivity index (χ0n) is 7.84. The van der Waals surface area contributed by atoms with Crippen molar-refractivity contribution >= 4 is 17.5 Å². The van der Waals surface area contributed by atoms with E-state index in [9.17, 15) is 14.4 Å². The van der Waals surface area contributed by atoms with Gasteiger partial charge in [-0.1, -0.05) is 0 Å². The van der Waals surface area contributed by atoms with Crippen LogP contribution in [0.5, 0.6) is 0 Å². The van der Waals surface area contributed by atoms with Crippen LogP contribution in [0.1, 0.15) is 27.2 Å². The summed E-state index contributed by atoms with van der Waals surface area (Å²) in [6, 6.07) is 0. The van der Waals surface area contributed by atoms with Crippen LogP contribution in [0.3, 0.4) is 0 Å². The highest BCUT2D eigenvalue weighted by molar-refractivity contribution is 5.93. The van der Waals surface area contributed by atoms with Crippen molar-refractivity contribution in [2.45, 2.75) is 27.2 Å². The summed E-state index contributed by atoms with van der Waals surface area (Å²) in [6.07, 6.45) is -0.115. The molecular weight excluding hydrogens is 160 g/mol. The molecule has 0 aromatic carbocycles. The Balaban J connectivity index is 0. The van der Waals surface area contributed by atoms with Gasteiger partial charge in [-0.2, -0.15) is 0 Å². The maximum Gasteiger partial charge on any atom is 0.313 e. The number of ketones is 2. The summed E-state index contributed by atoms with van der Waals surface area (Å²) in [7, 11) is 1.26. The maximum absolute atomic E-state index is 10.2. The third-order valence-corrected chi connectivity index (χ3v) is 0.621. The van der Waals surface area contributed by atoms with Crippen LogP contribution in [0, 0.1) is 0 Å². The van der Waals surface area contributed by atoms with Gasteiger partial charge in [0.2, 0.25) is 0 Å². The normalized spacial score (nSPS) is 7.67. The standard InChI is InChI=1S/C5H8O3.C3H6O/c1-4(6)3-5(7)8-2;1-3(2)4/h3H2,1-2H3;1-2H3. The molecular formula is C8H14O4. The zero-order chi connectivity index (χ0) is 10.1. The van der Waals surface area contributed by atoms with Crippen LogP contribution >= 0.6 is 0 Å². The van der Waals surface area contributed by atoms with Crippen molar-refractivity contribution in [3.8, 4) is 0 Å². The van der Waals surface area contributed by atoms with Crippen molar-refractivity contribution in [3.05, 3.63) is 0 Å². The third-order valence-electron chi connectivity index (χ3n) is 0.621. The highest BCUT2D eigenvalue weighted by atomic mass is 16.5. The second-order valence-corrected chi connectivity index (χ2v) is 2.36. The first-order valence-corrected chi connectivity index (χ1v) is 3.43. The fraction of sp³-hybridized carbons (Fsp3) is 0.625. The number of carbonyl (C=O) groups is 3. The Morgan fingerprint density at radius 2 is 1.42 bits per heavy atom. The Morgan fingerprint density at radius 1 is 1.08 bits per heavy atom. The minimum Gasteiger partial charge on any atom is -0.469 e. The van der Waals surface area contributed by atoms with E-state index in [0.717, 1.165) is 0 Å². The van der Waals surface area contributed by atoms with E-state index in [-0.39, 0.29) is 18.0 Å². The Morgan fingerprint density at radius 3 is 1.50 bits per heavy atom. The number of methoxy groups -OCH3 is 1. The number of hydrogen-bond donors (Lipinski definition) is 0. The van der Waals surface area contributed by atoms with Crippen molar-refractivity contribution in [1.82, 2.24) is 0 Å². The summed E-state index contributed by atoms with van der Waals surface area (Å²) in [5.41, 5.74) is 0. The number of hydrogen-bond acceptors (Lipinski definition) is 4. The summed E-state index contributed by atoms with van der Waals surface area (Å²) in [6.45, 7) is 4.40. The van der Waals surface area contributed by atoms with E-state index >= 15 is 0 Å². The molecule has 0 aromatic heterocycles. The first kappa shape index (κ1) is 13.4. The monoisotopic (exact) mass is 174 g/mol. The topological polar surface area (TPSA) is 60.4 Å². The molecule has 12 heavy (non-hydrogen) atoms. The lowest BCUT2D eigenvalue weighted by atomic mass is 10.3. The van der Waals surface area contributed by atoms with Crippen molar-refractivity contribution in [1.29, 1.82) is 0 Å². The molecule has 0 unspecified atom stereocenters. The molecule has 0 bridgehead atoms. The Bertz CT molecular complexity index is 168. The minimum atomic E-state index is -0.475. The molecule has 0 amide bonds. The molecule has 0 atom stereocenters. The van der Waals surface area contributed by atoms with Gasteiger partial charge in [-0.3, -0.25) is 9.59 Å². The lowest BCUT2D eigenvalue weighted by Gasteiger charge is -1.90. The minimum absolute atomic E-state index is 0.115. The van der Waals surface area contributed by atoms with Gasteiger partial charge in [0, 0.05) is 0 Å². The van der Waals surface area contributed by atoms with Crippen molar-refractivity contribution in [2.24, 2.45) is 0 Å². The highest BCUT2D eigenvalue weighted by Crippen LogP contribution is 1.83. The molecule has 0 heterocycles. The van der Waals surface area contributed by atoms with Gasteiger partial charge in [-0.05, 0) is 20.8 Å². The molecule has 0 fully saturated rings. The number of rotatable bonds is 2. The van der Waals surface area contributed by atoms with E-state index < -0.39 is 5.97 Å². The van der Waals surface area contributed by atoms with Gasteiger partial charge in [0.1, 0.15) is 18.0 Å². The molecule has 4 nitrogen and oxygen atoms in total. The predicted octanol–water partition coefficient (Wildman–Crippen LogP) is 0.734. The summed E-state index contributed by atoms with van der Waals surface area (Å²) in [5, 5.41) is 0. The molecule has 4 heteroatoms. The maximum atomic E-state index is 10.2. The van der Waals surface area contributed by atoms with Crippen LogP contribution in [0.25, 0.3) is 0 Å². The van der Waals surface area contributed by atoms with Crippen LogP contribution in [0.15, 0.2) is 0 Å². The van der Waals surface area contributed by atoms with Crippen molar-refractivity contribution in [3.63, 3.8) is 0 Å². The quantitative estimate of drug-likeness (QED) is 0.457. The fourth-order valence-electron chi connectivity index (χ4n) is 0.275. The van der Waals surface area contributed by atoms with E-state index in [1.165, 1.54) is 27.9 Å². The van der Waals surface area contributed by atoms with E-state index in [0.29, 0.717) is 0 Å². The lowest BCUT2D eigenvalue weighted by Crippen LogP contribution is -2.05. The van der Waals surface area contributed by atoms with Gasteiger partial charge in [0.25, 0.3) is 0 Å². The molecule has 0 N–H and O–H groups in total. The van der Waals surface area contributed by atoms with E-state index in [4.69, 9.17) is 0 Å². The molecule has 0 saturated carbocycles. The smallest absolute Gasteiger partial charge is 0.313 e. The number of ether oxygens (including phenoxy) is 1. The summed E-state index contributed by atoms with van der Waals surface area (Å²) in [4.78, 5) is 29.7. The van der Waals surface area contributed by atoms with Crippen molar-refractivity contribution < 1.29 is 19.1 Å². The summed E-state index contributed by atoms with van der Waals surface area (Å²) in [5.74, 6) is -0.477. The number of carbonyl (C=O) groups excluding carboxylic acids is 3.